The van der Waals surface area contributed by atoms with E-state index in [1.165, 1.54) is 16.8 Å². The number of hydrogen-bond acceptors (Lipinski definition) is 6. The first-order chi connectivity index (χ1) is 20.4. The van der Waals surface area contributed by atoms with Crippen molar-refractivity contribution in [2.75, 3.05) is 33.2 Å². The fraction of sp³-hybridized carbons (Fsp3) is 0.379. The minimum Gasteiger partial charge on any atom is -0.343 e. The first-order valence-electron chi connectivity index (χ1n) is 13.6. The summed E-state index contributed by atoms with van der Waals surface area (Å²) in [4.78, 5) is 64.5. The van der Waals surface area contributed by atoms with Gasteiger partial charge in [-0.2, -0.15) is 13.2 Å². The Labute approximate surface area is 244 Å². The number of urea groups is 1. The molecular weight excluding hydrogens is 572 g/mol. The largest absolute Gasteiger partial charge is 0.416 e. The monoisotopic (exact) mass is 600 g/mol. The molecule has 5 amide bonds. The van der Waals surface area contributed by atoms with Crippen molar-refractivity contribution >= 4 is 29.8 Å². The molecule has 10 nitrogen and oxygen atoms in total. The summed E-state index contributed by atoms with van der Waals surface area (Å²) in [7, 11) is 1.41. The van der Waals surface area contributed by atoms with E-state index in [1.807, 2.05) is 18.2 Å². The lowest BCUT2D eigenvalue weighted by molar-refractivity contribution is -0.140. The van der Waals surface area contributed by atoms with Crippen molar-refractivity contribution in [2.45, 2.75) is 37.4 Å². The Morgan fingerprint density at radius 3 is 2.49 bits per heavy atom. The SMILES string of the molecule is CN1C(=O)N(CC2=CCc3nccnc3C=C2)C2(CCN(C(=O)CNC(=O)C3=CC(C(F)(F)F)=CCC=C3F)CC2)C1=O. The fourth-order valence-corrected chi connectivity index (χ4v) is 5.58. The third kappa shape index (κ3) is 5.86. The third-order valence-electron chi connectivity index (χ3n) is 8.00. The maximum atomic E-state index is 14.3. The van der Waals surface area contributed by atoms with E-state index in [4.69, 9.17) is 0 Å². The van der Waals surface area contributed by atoms with E-state index >= 15 is 0 Å². The van der Waals surface area contributed by atoms with Gasteiger partial charge in [0.1, 0.15) is 11.4 Å². The number of amides is 5. The first kappa shape index (κ1) is 29.9. The van der Waals surface area contributed by atoms with Gasteiger partial charge in [0, 0.05) is 45.5 Å². The number of nitrogens with one attached hydrogen (secondary N) is 1. The van der Waals surface area contributed by atoms with Gasteiger partial charge in [0.15, 0.2) is 0 Å². The molecule has 1 aromatic rings. The van der Waals surface area contributed by atoms with Gasteiger partial charge in [0.25, 0.3) is 11.8 Å². The van der Waals surface area contributed by atoms with Crippen molar-refractivity contribution in [3.8, 4) is 0 Å². The number of allylic oxidation sites excluding steroid dienone is 5. The number of fused-ring (bicyclic) bond motifs is 1. The van der Waals surface area contributed by atoms with Crippen LogP contribution in [-0.4, -0.2) is 93.4 Å². The van der Waals surface area contributed by atoms with Gasteiger partial charge in [-0.1, -0.05) is 18.2 Å². The van der Waals surface area contributed by atoms with Gasteiger partial charge in [-0.25, -0.2) is 9.18 Å². The highest BCUT2D eigenvalue weighted by Gasteiger charge is 2.57. The Balaban J connectivity index is 1.23. The van der Waals surface area contributed by atoms with Crippen LogP contribution in [0.1, 0.15) is 30.7 Å². The number of nitrogens with zero attached hydrogens (tertiary/aromatic N) is 5. The molecule has 2 fully saturated rings. The summed E-state index contributed by atoms with van der Waals surface area (Å²) in [5.74, 6) is -3.21. The van der Waals surface area contributed by atoms with Gasteiger partial charge in [0.2, 0.25) is 5.91 Å². The summed E-state index contributed by atoms with van der Waals surface area (Å²) in [6, 6.07) is -0.455. The topological polar surface area (TPSA) is 116 Å². The van der Waals surface area contributed by atoms with E-state index in [0.717, 1.165) is 34.0 Å². The molecule has 0 saturated carbocycles. The Morgan fingerprint density at radius 2 is 1.77 bits per heavy atom. The second-order valence-electron chi connectivity index (χ2n) is 10.5. The molecule has 43 heavy (non-hydrogen) atoms. The molecule has 1 aromatic heterocycles. The minimum absolute atomic E-state index is 0.0875. The van der Waals surface area contributed by atoms with E-state index in [1.54, 1.807) is 12.4 Å². The number of piperidine rings is 1. The van der Waals surface area contributed by atoms with Crippen LogP contribution in [0.3, 0.4) is 0 Å². The molecule has 0 radical (unpaired) electrons. The predicted octanol–water partition coefficient (Wildman–Crippen LogP) is 3.02. The van der Waals surface area contributed by atoms with Gasteiger partial charge < -0.3 is 15.1 Å². The zero-order chi connectivity index (χ0) is 30.9. The lowest BCUT2D eigenvalue weighted by Crippen LogP contribution is -2.58. The lowest BCUT2D eigenvalue weighted by atomic mass is 9.85. The number of hydrogen-bond donors (Lipinski definition) is 1. The standard InChI is InChI=1S/C29H28F4N6O4/c1-37-26(42)28(39(27(37)43)17-18-5-7-22-23(8-6-18)35-12-11-34-22)9-13-38(14-10-28)24(40)16-36-25(41)20-15-19(29(31,32)33)3-2-4-21(20)30/h3-7,11-12,15H,2,8-10,13-14,16-17H2,1H3,(H,36,41). The first-order valence-corrected chi connectivity index (χ1v) is 13.6. The summed E-state index contributed by atoms with van der Waals surface area (Å²) in [6.07, 6.45) is 6.47. The summed E-state index contributed by atoms with van der Waals surface area (Å²) in [5, 5.41) is 2.20. The molecule has 2 aliphatic heterocycles. The van der Waals surface area contributed by atoms with Crippen molar-refractivity contribution in [1.82, 2.24) is 30.0 Å². The molecule has 5 rings (SSSR count). The summed E-state index contributed by atoms with van der Waals surface area (Å²) in [5.41, 5.74) is -0.849. The number of likely N-dealkylation sites (N-methyl/N-ethyl adjacent to an activating group) is 1. The van der Waals surface area contributed by atoms with Crippen LogP contribution in [0.15, 0.2) is 65.3 Å². The molecule has 226 valence electrons. The van der Waals surface area contributed by atoms with Crippen LogP contribution in [-0.2, 0) is 20.8 Å². The average molecular weight is 601 g/mol. The van der Waals surface area contributed by atoms with Crippen LogP contribution < -0.4 is 5.32 Å². The molecule has 0 unspecified atom stereocenters. The van der Waals surface area contributed by atoms with Crippen LogP contribution in [0.4, 0.5) is 22.4 Å². The number of carbonyl (C=O) groups is 4. The normalized spacial score (nSPS) is 20.2. The molecule has 0 atom stereocenters. The molecule has 4 aliphatic rings. The lowest BCUT2D eigenvalue weighted by Gasteiger charge is -2.42. The molecule has 2 aliphatic carbocycles. The van der Waals surface area contributed by atoms with Crippen molar-refractivity contribution in [3.05, 3.63) is 76.7 Å². The third-order valence-corrected chi connectivity index (χ3v) is 8.00. The Morgan fingerprint density at radius 1 is 1.05 bits per heavy atom. The number of rotatable bonds is 5. The van der Waals surface area contributed by atoms with Crippen molar-refractivity contribution in [3.63, 3.8) is 0 Å². The molecule has 3 heterocycles. The van der Waals surface area contributed by atoms with Crippen LogP contribution in [0.2, 0.25) is 0 Å². The van der Waals surface area contributed by atoms with Crippen molar-refractivity contribution < 1.29 is 36.7 Å². The van der Waals surface area contributed by atoms with Crippen molar-refractivity contribution in [1.29, 1.82) is 0 Å². The summed E-state index contributed by atoms with van der Waals surface area (Å²) in [6.45, 7) is -0.251. The number of likely N-dealkylation sites (tertiary alicyclic amines) is 1. The van der Waals surface area contributed by atoms with Crippen molar-refractivity contribution in [2.24, 2.45) is 0 Å². The highest BCUT2D eigenvalue weighted by Crippen LogP contribution is 2.38. The minimum atomic E-state index is -4.77. The van der Waals surface area contributed by atoms with E-state index in [-0.39, 0.29) is 44.8 Å². The van der Waals surface area contributed by atoms with E-state index in [0.29, 0.717) is 12.5 Å². The number of imide groups is 1. The highest BCUT2D eigenvalue weighted by molar-refractivity contribution is 6.07. The van der Waals surface area contributed by atoms with E-state index in [2.05, 4.69) is 15.3 Å². The van der Waals surface area contributed by atoms with Gasteiger partial charge in [-0.05, 0) is 43.1 Å². The van der Waals surface area contributed by atoms with Crippen LogP contribution in [0.5, 0.6) is 0 Å². The second-order valence-corrected chi connectivity index (χ2v) is 10.5. The maximum absolute atomic E-state index is 14.3. The molecular formula is C29H28F4N6O4. The predicted molar refractivity (Wildman–Crippen MR) is 145 cm³/mol. The van der Waals surface area contributed by atoms with E-state index < -0.39 is 53.1 Å². The molecule has 1 spiro atoms. The smallest absolute Gasteiger partial charge is 0.343 e. The number of carbonyl (C=O) groups excluding carboxylic acids is 4. The summed E-state index contributed by atoms with van der Waals surface area (Å²) < 4.78 is 53.8. The zero-order valence-corrected chi connectivity index (χ0v) is 23.2. The van der Waals surface area contributed by atoms with Gasteiger partial charge >= 0.3 is 12.2 Å². The second kappa shape index (κ2) is 11.6. The Kier molecular flexibility index (Phi) is 8.04. The maximum Gasteiger partial charge on any atom is 0.416 e. The molecule has 2 saturated heterocycles. The molecule has 1 N–H and O–H groups in total. The zero-order valence-electron chi connectivity index (χ0n) is 23.2. The van der Waals surface area contributed by atoms with Gasteiger partial charge in [-0.15, -0.1) is 0 Å². The fourth-order valence-electron chi connectivity index (χ4n) is 5.58. The van der Waals surface area contributed by atoms with Crippen LogP contribution in [0, 0.1) is 0 Å². The Bertz CT molecular complexity index is 1520. The Hall–Kier alpha value is -4.62. The average Bonchev–Trinajstić information content (AvgIpc) is 3.24. The van der Waals surface area contributed by atoms with Crippen LogP contribution >= 0.6 is 0 Å². The van der Waals surface area contributed by atoms with Crippen LogP contribution in [0.25, 0.3) is 6.08 Å². The van der Waals surface area contributed by atoms with Gasteiger partial charge in [0.05, 0.1) is 29.1 Å². The quantitative estimate of drug-likeness (QED) is 0.411. The highest BCUT2D eigenvalue weighted by atomic mass is 19.4. The molecule has 0 bridgehead atoms. The van der Waals surface area contributed by atoms with E-state index in [9.17, 15) is 36.7 Å². The molecule has 14 heteroatoms. The number of aromatic nitrogens is 2. The number of alkyl halides is 3. The molecule has 0 aromatic carbocycles. The van der Waals surface area contributed by atoms with Gasteiger partial charge in [-0.3, -0.25) is 29.3 Å². The summed E-state index contributed by atoms with van der Waals surface area (Å²) >= 11 is 0. The number of halogens is 4.